The van der Waals surface area contributed by atoms with E-state index in [1.165, 1.54) is 6.07 Å². The number of hydrogen-bond acceptors (Lipinski definition) is 4. The van der Waals surface area contributed by atoms with Gasteiger partial charge in [-0.25, -0.2) is 0 Å². The maximum atomic E-state index is 12.3. The molecule has 0 bridgehead atoms. The van der Waals surface area contributed by atoms with E-state index in [-0.39, 0.29) is 5.76 Å². The Hall–Kier alpha value is -1.18. The second kappa shape index (κ2) is 6.72. The molecule has 1 aromatic heterocycles. The molecular formula is C13H8Br2ClNO4. The molecule has 0 radical (unpaired) electrons. The maximum Gasteiger partial charge on any atom is 0.433 e. The number of nitro groups is 1. The molecule has 2 aromatic rings. The topological polar surface area (TPSA) is 73.3 Å². The third-order valence-corrected chi connectivity index (χ3v) is 5.74. The fourth-order valence-corrected chi connectivity index (χ4v) is 3.22. The summed E-state index contributed by atoms with van der Waals surface area (Å²) < 4.78 is 4.91. The van der Waals surface area contributed by atoms with Crippen molar-refractivity contribution in [3.8, 4) is 0 Å². The van der Waals surface area contributed by atoms with Crippen molar-refractivity contribution in [1.82, 2.24) is 0 Å². The first kappa shape index (κ1) is 16.2. The van der Waals surface area contributed by atoms with Crippen molar-refractivity contribution in [3.05, 3.63) is 62.9 Å². The van der Waals surface area contributed by atoms with Crippen LogP contribution >= 0.6 is 43.5 Å². The van der Waals surface area contributed by atoms with E-state index in [1.807, 2.05) is 0 Å². The van der Waals surface area contributed by atoms with Gasteiger partial charge in [0.2, 0.25) is 5.78 Å². The number of furan rings is 1. The minimum Gasteiger partial charge on any atom is -0.397 e. The number of nitrogens with zero attached hydrogens (tertiary/aromatic N) is 1. The van der Waals surface area contributed by atoms with Crippen molar-refractivity contribution in [1.29, 1.82) is 0 Å². The molecule has 8 heteroatoms. The summed E-state index contributed by atoms with van der Waals surface area (Å²) in [7, 11) is 0. The van der Waals surface area contributed by atoms with E-state index in [2.05, 4.69) is 31.9 Å². The van der Waals surface area contributed by atoms with E-state index in [4.69, 9.17) is 16.0 Å². The maximum absolute atomic E-state index is 12.3. The van der Waals surface area contributed by atoms with Crippen molar-refractivity contribution < 1.29 is 14.1 Å². The Bertz CT molecular complexity index is 688. The molecule has 1 heterocycles. The van der Waals surface area contributed by atoms with E-state index in [9.17, 15) is 14.9 Å². The summed E-state index contributed by atoms with van der Waals surface area (Å²) in [6, 6.07) is 9.51. The van der Waals surface area contributed by atoms with Crippen LogP contribution in [0.25, 0.3) is 0 Å². The highest BCUT2D eigenvalue weighted by molar-refractivity contribution is 9.12. The van der Waals surface area contributed by atoms with Gasteiger partial charge in [-0.1, -0.05) is 61.7 Å². The van der Waals surface area contributed by atoms with Crippen molar-refractivity contribution in [2.75, 3.05) is 0 Å². The molecule has 0 aliphatic rings. The molecule has 2 atom stereocenters. The first-order chi connectivity index (χ1) is 9.91. The molecule has 0 amide bonds. The standard InChI is InChI=1S/C13H8Br2ClNO4/c14-11(7-3-1-2-4-8(7)16)12(15)13(18)9-5-6-10(21-9)17(19)20/h1-6,11-12H. The molecule has 0 aliphatic heterocycles. The number of Topliss-reactive ketones (excluding diaryl/α,β-unsaturated/α-hetero) is 1. The van der Waals surface area contributed by atoms with Crippen LogP contribution in [0.5, 0.6) is 0 Å². The zero-order valence-electron chi connectivity index (χ0n) is 10.3. The van der Waals surface area contributed by atoms with Gasteiger partial charge in [-0.3, -0.25) is 14.9 Å². The fraction of sp³-hybridized carbons (Fsp3) is 0.154. The van der Waals surface area contributed by atoms with Gasteiger partial charge in [0.1, 0.15) is 4.92 Å². The molecule has 21 heavy (non-hydrogen) atoms. The molecule has 0 saturated heterocycles. The van der Waals surface area contributed by atoms with E-state index >= 15 is 0 Å². The summed E-state index contributed by atoms with van der Waals surface area (Å²) in [5.41, 5.74) is 0.732. The third-order valence-electron chi connectivity index (χ3n) is 2.72. The second-order valence-electron chi connectivity index (χ2n) is 4.08. The smallest absolute Gasteiger partial charge is 0.397 e. The first-order valence-electron chi connectivity index (χ1n) is 5.73. The van der Waals surface area contributed by atoms with Gasteiger partial charge >= 0.3 is 5.88 Å². The Morgan fingerprint density at radius 3 is 2.48 bits per heavy atom. The summed E-state index contributed by atoms with van der Waals surface area (Å²) in [5, 5.41) is 11.1. The molecule has 1 aromatic carbocycles. The number of benzene rings is 1. The van der Waals surface area contributed by atoms with Gasteiger partial charge in [-0.05, 0) is 17.7 Å². The van der Waals surface area contributed by atoms with Crippen molar-refractivity contribution in [2.24, 2.45) is 0 Å². The lowest BCUT2D eigenvalue weighted by atomic mass is 10.1. The van der Waals surface area contributed by atoms with Gasteiger partial charge in [0.15, 0.2) is 5.76 Å². The summed E-state index contributed by atoms with van der Waals surface area (Å²) in [6.07, 6.45) is 0. The number of hydrogen-bond donors (Lipinski definition) is 0. The van der Waals surface area contributed by atoms with E-state index < -0.39 is 26.2 Å². The lowest BCUT2D eigenvalue weighted by Crippen LogP contribution is -2.19. The molecule has 0 fully saturated rings. The molecule has 0 spiro atoms. The van der Waals surface area contributed by atoms with Crippen molar-refractivity contribution >= 4 is 55.1 Å². The predicted molar refractivity (Wildman–Crippen MR) is 85.5 cm³/mol. The van der Waals surface area contributed by atoms with Crippen LogP contribution in [0.3, 0.4) is 0 Å². The van der Waals surface area contributed by atoms with Gasteiger partial charge in [0.25, 0.3) is 0 Å². The summed E-state index contributed by atoms with van der Waals surface area (Å²) in [5.74, 6) is -0.966. The Kier molecular flexibility index (Phi) is 5.18. The van der Waals surface area contributed by atoms with Gasteiger partial charge < -0.3 is 4.42 Å². The Morgan fingerprint density at radius 2 is 1.90 bits per heavy atom. The van der Waals surface area contributed by atoms with Crippen LogP contribution in [0.4, 0.5) is 5.88 Å². The number of ketones is 1. The lowest BCUT2D eigenvalue weighted by Gasteiger charge is -2.16. The molecule has 110 valence electrons. The largest absolute Gasteiger partial charge is 0.433 e. The highest BCUT2D eigenvalue weighted by Gasteiger charge is 2.30. The van der Waals surface area contributed by atoms with Gasteiger partial charge in [0, 0.05) is 5.02 Å². The summed E-state index contributed by atoms with van der Waals surface area (Å²) >= 11 is 12.8. The van der Waals surface area contributed by atoms with Gasteiger partial charge in [-0.2, -0.15) is 0 Å². The molecule has 0 aliphatic carbocycles. The SMILES string of the molecule is O=C(c1ccc([N+](=O)[O-])o1)C(Br)C(Br)c1ccccc1Cl. The van der Waals surface area contributed by atoms with Crippen LogP contribution in [0.2, 0.25) is 5.02 Å². The van der Waals surface area contributed by atoms with Crippen LogP contribution in [0.15, 0.2) is 40.8 Å². The number of carbonyl (C=O) groups is 1. The number of rotatable bonds is 5. The Morgan fingerprint density at radius 1 is 1.24 bits per heavy atom. The van der Waals surface area contributed by atoms with Crippen LogP contribution in [-0.4, -0.2) is 15.5 Å². The lowest BCUT2D eigenvalue weighted by molar-refractivity contribution is -0.402. The number of carbonyl (C=O) groups excluding carboxylic acids is 1. The van der Waals surface area contributed by atoms with Crippen LogP contribution in [-0.2, 0) is 0 Å². The van der Waals surface area contributed by atoms with Crippen LogP contribution in [0.1, 0.15) is 20.9 Å². The van der Waals surface area contributed by atoms with Crippen LogP contribution < -0.4 is 0 Å². The first-order valence-corrected chi connectivity index (χ1v) is 7.93. The minimum atomic E-state index is -0.695. The Balaban J connectivity index is 2.22. The zero-order valence-corrected chi connectivity index (χ0v) is 14.3. The average Bonchev–Trinajstić information content (AvgIpc) is 2.95. The predicted octanol–water partition coefficient (Wildman–Crippen LogP) is 4.92. The summed E-state index contributed by atoms with van der Waals surface area (Å²) in [6.45, 7) is 0. The quantitative estimate of drug-likeness (QED) is 0.288. The highest BCUT2D eigenvalue weighted by Crippen LogP contribution is 2.37. The third kappa shape index (κ3) is 3.53. The monoisotopic (exact) mass is 435 g/mol. The average molecular weight is 437 g/mol. The molecule has 2 rings (SSSR count). The van der Waals surface area contributed by atoms with Gasteiger partial charge in [0.05, 0.1) is 15.7 Å². The van der Waals surface area contributed by atoms with E-state index in [0.717, 1.165) is 11.6 Å². The van der Waals surface area contributed by atoms with Crippen molar-refractivity contribution in [3.63, 3.8) is 0 Å². The zero-order chi connectivity index (χ0) is 15.6. The fourth-order valence-electron chi connectivity index (χ4n) is 1.68. The van der Waals surface area contributed by atoms with Gasteiger partial charge in [-0.15, -0.1) is 0 Å². The minimum absolute atomic E-state index is 0.0833. The normalized spacial score (nSPS) is 13.7. The second-order valence-corrected chi connectivity index (χ2v) is 6.46. The van der Waals surface area contributed by atoms with Crippen LogP contribution in [0, 0.1) is 10.1 Å². The molecule has 2 unspecified atom stereocenters. The summed E-state index contributed by atoms with van der Waals surface area (Å²) in [4.78, 5) is 21.1. The number of halogens is 3. The molecular weight excluding hydrogens is 429 g/mol. The van der Waals surface area contributed by atoms with E-state index in [1.54, 1.807) is 24.3 Å². The highest BCUT2D eigenvalue weighted by atomic mass is 79.9. The molecule has 5 nitrogen and oxygen atoms in total. The number of alkyl halides is 2. The molecule has 0 saturated carbocycles. The molecule has 0 N–H and O–H groups in total. The van der Waals surface area contributed by atoms with Crippen molar-refractivity contribution in [2.45, 2.75) is 9.65 Å². The Labute approximate surface area is 141 Å². The van der Waals surface area contributed by atoms with E-state index in [0.29, 0.717) is 5.02 Å².